The van der Waals surface area contributed by atoms with Gasteiger partial charge in [0.15, 0.2) is 5.78 Å². The van der Waals surface area contributed by atoms with E-state index in [-0.39, 0.29) is 5.78 Å². The molecule has 0 bridgehead atoms. The average Bonchev–Trinajstić information content (AvgIpc) is 2.32. The van der Waals surface area contributed by atoms with E-state index in [1.807, 2.05) is 44.0 Å². The SMILES string of the molecule is COCCCN(C)CC(=O)c1cc(C)ccc1C. The molecule has 0 saturated heterocycles. The van der Waals surface area contributed by atoms with Gasteiger partial charge in [0, 0.05) is 25.8 Å². The van der Waals surface area contributed by atoms with Crippen LogP contribution < -0.4 is 0 Å². The summed E-state index contributed by atoms with van der Waals surface area (Å²) in [5.74, 6) is 0.191. The number of hydrogen-bond donors (Lipinski definition) is 0. The summed E-state index contributed by atoms with van der Waals surface area (Å²) in [6.07, 6.45) is 0.951. The summed E-state index contributed by atoms with van der Waals surface area (Å²) >= 11 is 0. The lowest BCUT2D eigenvalue weighted by atomic mass is 10.0. The number of carbonyl (C=O) groups is 1. The number of carbonyl (C=O) groups excluding carboxylic acids is 1. The maximum Gasteiger partial charge on any atom is 0.177 e. The number of methoxy groups -OCH3 is 1. The fraction of sp³-hybridized carbons (Fsp3) is 0.533. The van der Waals surface area contributed by atoms with Crippen LogP contribution in [0.2, 0.25) is 0 Å². The Morgan fingerprint density at radius 1 is 1.33 bits per heavy atom. The molecule has 1 rings (SSSR count). The van der Waals surface area contributed by atoms with E-state index in [9.17, 15) is 4.79 Å². The Labute approximate surface area is 110 Å². The minimum Gasteiger partial charge on any atom is -0.385 e. The summed E-state index contributed by atoms with van der Waals surface area (Å²) in [6, 6.07) is 6.02. The first-order chi connectivity index (χ1) is 8.54. The zero-order valence-corrected chi connectivity index (χ0v) is 11.8. The van der Waals surface area contributed by atoms with Crippen LogP contribution in [0.25, 0.3) is 0 Å². The standard InChI is InChI=1S/C15H23NO2/c1-12-6-7-13(2)14(10-12)15(17)11-16(3)8-5-9-18-4/h6-7,10H,5,8-9,11H2,1-4H3. The number of rotatable bonds is 7. The molecule has 0 aliphatic rings. The van der Waals surface area contributed by atoms with Crippen molar-refractivity contribution < 1.29 is 9.53 Å². The van der Waals surface area contributed by atoms with Crippen LogP contribution in [-0.2, 0) is 4.74 Å². The molecule has 0 spiro atoms. The molecule has 0 amide bonds. The third-order valence-corrected chi connectivity index (χ3v) is 3.00. The van der Waals surface area contributed by atoms with Crippen molar-refractivity contribution in [3.05, 3.63) is 34.9 Å². The van der Waals surface area contributed by atoms with E-state index < -0.39 is 0 Å². The molecule has 0 aromatic heterocycles. The predicted molar refractivity (Wildman–Crippen MR) is 74.2 cm³/mol. The second kappa shape index (κ2) is 7.29. The highest BCUT2D eigenvalue weighted by Crippen LogP contribution is 2.11. The van der Waals surface area contributed by atoms with Gasteiger partial charge in [-0.1, -0.05) is 17.7 Å². The van der Waals surface area contributed by atoms with Crippen molar-refractivity contribution in [2.45, 2.75) is 20.3 Å². The summed E-state index contributed by atoms with van der Waals surface area (Å²) in [6.45, 7) is 6.08. The Balaban J connectivity index is 2.56. The van der Waals surface area contributed by atoms with Gasteiger partial charge in [0.05, 0.1) is 6.54 Å². The molecule has 0 atom stereocenters. The van der Waals surface area contributed by atoms with E-state index in [4.69, 9.17) is 4.74 Å². The molecule has 3 heteroatoms. The first-order valence-electron chi connectivity index (χ1n) is 6.32. The Kier molecular flexibility index (Phi) is 6.02. The molecule has 0 unspecified atom stereocenters. The predicted octanol–water partition coefficient (Wildman–Crippen LogP) is 2.45. The Hall–Kier alpha value is -1.19. The van der Waals surface area contributed by atoms with Crippen LogP contribution in [0.1, 0.15) is 27.9 Å². The Bertz CT molecular complexity index is 401. The van der Waals surface area contributed by atoms with Crippen LogP contribution in [0.15, 0.2) is 18.2 Å². The van der Waals surface area contributed by atoms with Crippen LogP contribution in [0.4, 0.5) is 0 Å². The van der Waals surface area contributed by atoms with Gasteiger partial charge >= 0.3 is 0 Å². The molecule has 0 saturated carbocycles. The number of ketones is 1. The highest BCUT2D eigenvalue weighted by atomic mass is 16.5. The molecule has 0 fully saturated rings. The first-order valence-corrected chi connectivity index (χ1v) is 6.32. The van der Waals surface area contributed by atoms with Gasteiger partial charge in [0.1, 0.15) is 0 Å². The first kappa shape index (κ1) is 14.9. The lowest BCUT2D eigenvalue weighted by Gasteiger charge is -2.16. The number of likely N-dealkylation sites (N-methyl/N-ethyl adjacent to an activating group) is 1. The number of nitrogens with zero attached hydrogens (tertiary/aromatic N) is 1. The highest BCUT2D eigenvalue weighted by Gasteiger charge is 2.11. The fourth-order valence-corrected chi connectivity index (χ4v) is 1.92. The number of ether oxygens (including phenoxy) is 1. The van der Waals surface area contributed by atoms with Crippen molar-refractivity contribution in [1.29, 1.82) is 0 Å². The van der Waals surface area contributed by atoms with Crippen LogP contribution in [0.3, 0.4) is 0 Å². The second-order valence-corrected chi connectivity index (χ2v) is 4.83. The lowest BCUT2D eigenvalue weighted by molar-refractivity contribution is 0.0938. The van der Waals surface area contributed by atoms with Gasteiger partial charge in [0.2, 0.25) is 0 Å². The van der Waals surface area contributed by atoms with Crippen LogP contribution in [0, 0.1) is 13.8 Å². The molecule has 3 nitrogen and oxygen atoms in total. The molecule has 1 aromatic carbocycles. The zero-order valence-electron chi connectivity index (χ0n) is 11.8. The summed E-state index contributed by atoms with van der Waals surface area (Å²) in [4.78, 5) is 14.2. The summed E-state index contributed by atoms with van der Waals surface area (Å²) in [5, 5.41) is 0. The number of aryl methyl sites for hydroxylation is 2. The van der Waals surface area contributed by atoms with Crippen molar-refractivity contribution >= 4 is 5.78 Å². The van der Waals surface area contributed by atoms with E-state index in [1.54, 1.807) is 7.11 Å². The molecule has 0 heterocycles. The van der Waals surface area contributed by atoms with Crippen molar-refractivity contribution in [3.8, 4) is 0 Å². The quantitative estimate of drug-likeness (QED) is 0.549. The molecular weight excluding hydrogens is 226 g/mol. The van der Waals surface area contributed by atoms with Crippen molar-refractivity contribution in [1.82, 2.24) is 4.90 Å². The maximum atomic E-state index is 12.2. The van der Waals surface area contributed by atoms with Crippen LogP contribution >= 0.6 is 0 Å². The van der Waals surface area contributed by atoms with E-state index in [1.165, 1.54) is 0 Å². The molecule has 18 heavy (non-hydrogen) atoms. The van der Waals surface area contributed by atoms with Gasteiger partial charge in [-0.05, 0) is 38.9 Å². The maximum absolute atomic E-state index is 12.2. The molecule has 0 N–H and O–H groups in total. The third-order valence-electron chi connectivity index (χ3n) is 3.00. The Morgan fingerprint density at radius 3 is 2.72 bits per heavy atom. The molecule has 0 aliphatic heterocycles. The van der Waals surface area contributed by atoms with Crippen LogP contribution in [-0.4, -0.2) is 44.5 Å². The van der Waals surface area contributed by atoms with Gasteiger partial charge in [0.25, 0.3) is 0 Å². The summed E-state index contributed by atoms with van der Waals surface area (Å²) in [5.41, 5.74) is 3.02. The number of hydrogen-bond acceptors (Lipinski definition) is 3. The Morgan fingerprint density at radius 2 is 2.06 bits per heavy atom. The van der Waals surface area contributed by atoms with E-state index in [2.05, 4.69) is 0 Å². The van der Waals surface area contributed by atoms with Gasteiger partial charge in [-0.15, -0.1) is 0 Å². The molecular formula is C15H23NO2. The average molecular weight is 249 g/mol. The minimum absolute atomic E-state index is 0.191. The molecule has 1 aromatic rings. The lowest BCUT2D eigenvalue weighted by Crippen LogP contribution is -2.28. The molecule has 0 radical (unpaired) electrons. The second-order valence-electron chi connectivity index (χ2n) is 4.83. The normalized spacial score (nSPS) is 10.9. The van der Waals surface area contributed by atoms with Crippen molar-refractivity contribution in [3.63, 3.8) is 0 Å². The molecule has 100 valence electrons. The zero-order chi connectivity index (χ0) is 13.5. The van der Waals surface area contributed by atoms with Gasteiger partial charge in [-0.2, -0.15) is 0 Å². The monoisotopic (exact) mass is 249 g/mol. The third kappa shape index (κ3) is 4.59. The van der Waals surface area contributed by atoms with Crippen LogP contribution in [0.5, 0.6) is 0 Å². The number of benzene rings is 1. The molecule has 0 aliphatic carbocycles. The smallest absolute Gasteiger partial charge is 0.177 e. The highest BCUT2D eigenvalue weighted by molar-refractivity contribution is 5.99. The van der Waals surface area contributed by atoms with Gasteiger partial charge in [-0.25, -0.2) is 0 Å². The fourth-order valence-electron chi connectivity index (χ4n) is 1.92. The topological polar surface area (TPSA) is 29.5 Å². The van der Waals surface area contributed by atoms with Gasteiger partial charge in [-0.3, -0.25) is 9.69 Å². The van der Waals surface area contributed by atoms with E-state index in [0.29, 0.717) is 6.54 Å². The van der Waals surface area contributed by atoms with Gasteiger partial charge < -0.3 is 4.74 Å². The number of Topliss-reactive ketones (excluding diaryl/α,β-unsaturated/α-hetero) is 1. The van der Waals surface area contributed by atoms with Crippen molar-refractivity contribution in [2.24, 2.45) is 0 Å². The summed E-state index contributed by atoms with van der Waals surface area (Å²) in [7, 11) is 3.67. The minimum atomic E-state index is 0.191. The van der Waals surface area contributed by atoms with E-state index >= 15 is 0 Å². The van der Waals surface area contributed by atoms with E-state index in [0.717, 1.165) is 36.3 Å². The van der Waals surface area contributed by atoms with Crippen molar-refractivity contribution in [2.75, 3.05) is 33.9 Å². The summed E-state index contributed by atoms with van der Waals surface area (Å²) < 4.78 is 5.01. The largest absolute Gasteiger partial charge is 0.385 e.